The van der Waals surface area contributed by atoms with E-state index in [1.54, 1.807) is 19.1 Å². The van der Waals surface area contributed by atoms with Gasteiger partial charge in [-0.1, -0.05) is 12.1 Å². The third kappa shape index (κ3) is 3.14. The van der Waals surface area contributed by atoms with Crippen molar-refractivity contribution in [1.82, 2.24) is 5.32 Å². The Morgan fingerprint density at radius 1 is 1.40 bits per heavy atom. The maximum atomic E-state index is 10.4. The first-order valence-electron chi connectivity index (χ1n) is 4.54. The Morgan fingerprint density at radius 2 is 1.93 bits per heavy atom. The van der Waals surface area contributed by atoms with Crippen LogP contribution in [0.1, 0.15) is 18.5 Å². The Labute approximate surface area is 87.5 Å². The van der Waals surface area contributed by atoms with E-state index in [0.29, 0.717) is 0 Å². The van der Waals surface area contributed by atoms with Gasteiger partial charge in [0.05, 0.1) is 0 Å². The molecular weight excluding hydrogens is 196 g/mol. The van der Waals surface area contributed by atoms with E-state index in [9.17, 15) is 4.79 Å². The smallest absolute Gasteiger partial charge is 0.404 e. The van der Waals surface area contributed by atoms with Gasteiger partial charge < -0.3 is 21.3 Å². The molecular formula is C10H14N2O3. The molecule has 5 nitrogen and oxygen atoms in total. The molecule has 1 aromatic rings. The van der Waals surface area contributed by atoms with Gasteiger partial charge in [0.1, 0.15) is 5.75 Å². The summed E-state index contributed by atoms with van der Waals surface area (Å²) in [5, 5.41) is 19.9. The van der Waals surface area contributed by atoms with Gasteiger partial charge in [0.2, 0.25) is 0 Å². The summed E-state index contributed by atoms with van der Waals surface area (Å²) in [4.78, 5) is 10.4. The number of nitrogens with two attached hydrogens (primary N) is 1. The number of nitrogens with one attached hydrogen (secondary N) is 1. The van der Waals surface area contributed by atoms with Crippen LogP contribution < -0.4 is 11.1 Å². The zero-order valence-corrected chi connectivity index (χ0v) is 8.34. The van der Waals surface area contributed by atoms with Gasteiger partial charge in [-0.05, 0) is 24.6 Å². The second kappa shape index (κ2) is 4.65. The number of hydrogen-bond donors (Lipinski definition) is 4. The maximum Gasteiger partial charge on any atom is 0.404 e. The van der Waals surface area contributed by atoms with E-state index in [0.717, 1.165) is 5.56 Å². The number of carboxylic acid groups (broad SMARTS) is 1. The minimum atomic E-state index is -1.10. The highest BCUT2D eigenvalue weighted by Crippen LogP contribution is 2.17. The average Bonchev–Trinajstić information content (AvgIpc) is 2.17. The number of carbonyl (C=O) groups is 1. The van der Waals surface area contributed by atoms with Crippen LogP contribution >= 0.6 is 0 Å². The number of benzene rings is 1. The lowest BCUT2D eigenvalue weighted by Crippen LogP contribution is -2.39. The molecule has 0 fully saturated rings. The fraction of sp³-hybridized carbons (Fsp3) is 0.300. The van der Waals surface area contributed by atoms with Crippen molar-refractivity contribution in [3.05, 3.63) is 29.8 Å². The second-order valence-electron chi connectivity index (χ2n) is 3.36. The summed E-state index contributed by atoms with van der Waals surface area (Å²) < 4.78 is 0. The van der Waals surface area contributed by atoms with Crippen molar-refractivity contribution in [2.75, 3.05) is 0 Å². The first-order valence-corrected chi connectivity index (χ1v) is 4.54. The number of hydrogen-bond acceptors (Lipinski definition) is 3. The van der Waals surface area contributed by atoms with Crippen molar-refractivity contribution in [1.29, 1.82) is 0 Å². The van der Waals surface area contributed by atoms with Gasteiger partial charge in [-0.25, -0.2) is 4.79 Å². The molecule has 5 N–H and O–H groups in total. The Morgan fingerprint density at radius 3 is 2.40 bits per heavy atom. The number of rotatable bonds is 3. The molecule has 0 saturated heterocycles. The summed E-state index contributed by atoms with van der Waals surface area (Å²) >= 11 is 0. The molecule has 82 valence electrons. The molecule has 15 heavy (non-hydrogen) atoms. The summed E-state index contributed by atoms with van der Waals surface area (Å²) in [5.74, 6) is 0.157. The molecule has 1 aromatic carbocycles. The van der Waals surface area contributed by atoms with Crippen LogP contribution in [0.5, 0.6) is 5.75 Å². The molecule has 2 atom stereocenters. The normalized spacial score (nSPS) is 14.3. The van der Waals surface area contributed by atoms with Crippen molar-refractivity contribution in [3.8, 4) is 5.75 Å². The lowest BCUT2D eigenvalue weighted by molar-refractivity contribution is 0.189. The molecule has 0 radical (unpaired) electrons. The summed E-state index contributed by atoms with van der Waals surface area (Å²) in [6.07, 6.45) is -1.10. The second-order valence-corrected chi connectivity index (χ2v) is 3.36. The standard InChI is InChI=1S/C10H14N2O3/c1-6(12-10(14)15)9(11)7-2-4-8(13)5-3-7/h2-6,9,12-13H,11H2,1H3,(H,14,15)/t6-,9-/m0/s1. The number of aromatic hydroxyl groups is 1. The summed E-state index contributed by atoms with van der Waals surface area (Å²) in [6, 6.07) is 5.56. The quantitative estimate of drug-likeness (QED) is 0.599. The van der Waals surface area contributed by atoms with Gasteiger partial charge in [0.25, 0.3) is 0 Å². The third-order valence-electron chi connectivity index (χ3n) is 2.17. The first-order chi connectivity index (χ1) is 7.00. The van der Waals surface area contributed by atoms with Crippen molar-refractivity contribution in [3.63, 3.8) is 0 Å². The Bertz CT molecular complexity index is 337. The molecule has 0 heterocycles. The predicted octanol–water partition coefficient (Wildman–Crippen LogP) is 1.05. The van der Waals surface area contributed by atoms with E-state index in [2.05, 4.69) is 5.32 Å². The molecule has 0 aliphatic heterocycles. The number of phenols is 1. The maximum absolute atomic E-state index is 10.4. The molecule has 0 unspecified atom stereocenters. The third-order valence-corrected chi connectivity index (χ3v) is 2.17. The average molecular weight is 210 g/mol. The van der Waals surface area contributed by atoms with Gasteiger partial charge >= 0.3 is 6.09 Å². The highest BCUT2D eigenvalue weighted by atomic mass is 16.4. The van der Waals surface area contributed by atoms with E-state index < -0.39 is 12.1 Å². The van der Waals surface area contributed by atoms with Crippen LogP contribution in [0.25, 0.3) is 0 Å². The van der Waals surface area contributed by atoms with E-state index in [1.807, 2.05) is 0 Å². The molecule has 0 bridgehead atoms. The van der Waals surface area contributed by atoms with Crippen LogP contribution in [0.15, 0.2) is 24.3 Å². The van der Waals surface area contributed by atoms with E-state index in [-0.39, 0.29) is 11.8 Å². The van der Waals surface area contributed by atoms with E-state index in [4.69, 9.17) is 15.9 Å². The molecule has 1 amide bonds. The Balaban J connectivity index is 2.71. The fourth-order valence-electron chi connectivity index (χ4n) is 1.27. The van der Waals surface area contributed by atoms with Crippen molar-refractivity contribution >= 4 is 6.09 Å². The molecule has 5 heteroatoms. The van der Waals surface area contributed by atoms with Crippen molar-refractivity contribution in [2.24, 2.45) is 5.73 Å². The van der Waals surface area contributed by atoms with Gasteiger partial charge in [-0.15, -0.1) is 0 Å². The molecule has 0 aliphatic carbocycles. The summed E-state index contributed by atoms with van der Waals surface area (Å²) in [6.45, 7) is 1.69. The molecule has 0 saturated carbocycles. The van der Waals surface area contributed by atoms with Crippen molar-refractivity contribution < 1.29 is 15.0 Å². The highest BCUT2D eigenvalue weighted by molar-refractivity contribution is 5.65. The Kier molecular flexibility index (Phi) is 3.51. The van der Waals surface area contributed by atoms with Gasteiger partial charge in [-0.2, -0.15) is 0 Å². The SMILES string of the molecule is C[C@H](NC(=O)O)[C@H](N)c1ccc(O)cc1. The number of phenolic OH excluding ortho intramolecular Hbond substituents is 1. The van der Waals surface area contributed by atoms with Crippen LogP contribution in [0.3, 0.4) is 0 Å². The van der Waals surface area contributed by atoms with Crippen LogP contribution in [0.4, 0.5) is 4.79 Å². The van der Waals surface area contributed by atoms with E-state index >= 15 is 0 Å². The monoisotopic (exact) mass is 210 g/mol. The van der Waals surface area contributed by atoms with Gasteiger partial charge in [0.15, 0.2) is 0 Å². The molecule has 0 aromatic heterocycles. The Hall–Kier alpha value is -1.75. The molecule has 0 aliphatic rings. The van der Waals surface area contributed by atoms with Crippen LogP contribution in [-0.2, 0) is 0 Å². The fourth-order valence-corrected chi connectivity index (χ4v) is 1.27. The van der Waals surface area contributed by atoms with Crippen LogP contribution in [0.2, 0.25) is 0 Å². The largest absolute Gasteiger partial charge is 0.508 e. The lowest BCUT2D eigenvalue weighted by Gasteiger charge is -2.19. The molecule has 0 spiro atoms. The zero-order chi connectivity index (χ0) is 11.4. The van der Waals surface area contributed by atoms with E-state index in [1.165, 1.54) is 12.1 Å². The zero-order valence-electron chi connectivity index (χ0n) is 8.34. The summed E-state index contributed by atoms with van der Waals surface area (Å²) in [7, 11) is 0. The van der Waals surface area contributed by atoms with Crippen LogP contribution in [0, 0.1) is 0 Å². The van der Waals surface area contributed by atoms with Crippen LogP contribution in [-0.4, -0.2) is 22.3 Å². The minimum absolute atomic E-state index is 0.157. The number of amides is 1. The van der Waals surface area contributed by atoms with Gasteiger partial charge in [0, 0.05) is 12.1 Å². The van der Waals surface area contributed by atoms with Crippen molar-refractivity contribution in [2.45, 2.75) is 19.0 Å². The predicted molar refractivity (Wildman–Crippen MR) is 55.7 cm³/mol. The lowest BCUT2D eigenvalue weighted by atomic mass is 10.0. The highest BCUT2D eigenvalue weighted by Gasteiger charge is 2.16. The minimum Gasteiger partial charge on any atom is -0.508 e. The van der Waals surface area contributed by atoms with Gasteiger partial charge in [-0.3, -0.25) is 0 Å². The molecule has 1 rings (SSSR count). The first kappa shape index (κ1) is 11.3. The topological polar surface area (TPSA) is 95.6 Å². The summed E-state index contributed by atoms with van der Waals surface area (Å²) in [5.41, 5.74) is 6.60.